The molecule has 1 N–H and O–H groups in total. The molecule has 0 saturated carbocycles. The second kappa shape index (κ2) is 11.2. The summed E-state index contributed by atoms with van der Waals surface area (Å²) < 4.78 is 7.02. The monoisotopic (exact) mass is 499 g/mol. The molecule has 0 aliphatic rings. The number of ether oxygens (including phenoxy) is 1. The summed E-state index contributed by atoms with van der Waals surface area (Å²) in [7, 11) is 1.58. The maximum atomic E-state index is 14.0. The maximum absolute atomic E-state index is 14.0. The summed E-state index contributed by atoms with van der Waals surface area (Å²) in [6.07, 6.45) is 0.737. The van der Waals surface area contributed by atoms with Gasteiger partial charge in [-0.2, -0.15) is 0 Å². The number of amides is 2. The normalized spacial score (nSPS) is 12.2. The topological polar surface area (TPSA) is 89.4 Å². The first-order chi connectivity index (χ1) is 17.8. The molecule has 0 bridgehead atoms. The third-order valence-corrected chi connectivity index (χ3v) is 6.54. The number of carbonyl (C=O) groups excluding carboxylic acids is 2. The van der Waals surface area contributed by atoms with Crippen LogP contribution in [-0.4, -0.2) is 44.4 Å². The van der Waals surface area contributed by atoms with Crippen molar-refractivity contribution in [2.24, 2.45) is 0 Å². The minimum Gasteiger partial charge on any atom is -0.497 e. The Hall–Kier alpha value is -4.20. The molecule has 192 valence electrons. The van der Waals surface area contributed by atoms with Crippen LogP contribution in [0.1, 0.15) is 44.4 Å². The molecule has 0 unspecified atom stereocenters. The lowest BCUT2D eigenvalue weighted by Crippen LogP contribution is -2.50. The van der Waals surface area contributed by atoms with Crippen LogP contribution in [0.2, 0.25) is 0 Å². The zero-order valence-electron chi connectivity index (χ0n) is 21.7. The van der Waals surface area contributed by atoms with Gasteiger partial charge >= 0.3 is 0 Å². The Morgan fingerprint density at radius 1 is 1.03 bits per heavy atom. The fraction of sp³-hybridized carbons (Fsp3) is 0.310. The lowest BCUT2D eigenvalue weighted by atomic mass is 9.98. The Morgan fingerprint density at radius 3 is 2.49 bits per heavy atom. The fourth-order valence-corrected chi connectivity index (χ4v) is 4.13. The van der Waals surface area contributed by atoms with Crippen LogP contribution in [0, 0.1) is 0 Å². The van der Waals surface area contributed by atoms with Crippen LogP contribution in [0.5, 0.6) is 5.75 Å². The standard InChI is InChI=1S/C29H33N5O3/c1-5-29(2,3)30-28(36)27(22-14-11-15-23(18-22)37-4)33(19-21-12-7-6-8-13-21)26(35)20-34-25-17-10-9-16-24(25)31-32-34/h6-18,27H,5,19-20H2,1-4H3,(H,30,36)/t27-/m1/s1. The molecule has 37 heavy (non-hydrogen) atoms. The van der Waals surface area contributed by atoms with E-state index < -0.39 is 11.6 Å². The number of hydrogen-bond acceptors (Lipinski definition) is 5. The molecule has 8 nitrogen and oxygen atoms in total. The predicted molar refractivity (Wildman–Crippen MR) is 143 cm³/mol. The molecule has 0 aliphatic heterocycles. The number of aromatic nitrogens is 3. The number of benzene rings is 3. The number of methoxy groups -OCH3 is 1. The second-order valence-electron chi connectivity index (χ2n) is 9.65. The minimum absolute atomic E-state index is 0.0573. The molecule has 0 fully saturated rings. The summed E-state index contributed by atoms with van der Waals surface area (Å²) in [4.78, 5) is 29.5. The molecule has 0 aliphatic carbocycles. The molecule has 8 heteroatoms. The summed E-state index contributed by atoms with van der Waals surface area (Å²) in [5.74, 6) is 0.101. The second-order valence-corrected chi connectivity index (χ2v) is 9.65. The van der Waals surface area contributed by atoms with E-state index in [4.69, 9.17) is 4.74 Å². The van der Waals surface area contributed by atoms with Crippen molar-refractivity contribution >= 4 is 22.8 Å². The molecular formula is C29H33N5O3. The average Bonchev–Trinajstić information content (AvgIpc) is 3.31. The summed E-state index contributed by atoms with van der Waals surface area (Å²) in [6.45, 7) is 6.15. The lowest BCUT2D eigenvalue weighted by molar-refractivity contribution is -0.143. The zero-order valence-corrected chi connectivity index (χ0v) is 21.7. The van der Waals surface area contributed by atoms with Gasteiger partial charge in [-0.15, -0.1) is 5.10 Å². The van der Waals surface area contributed by atoms with Gasteiger partial charge in [-0.05, 0) is 55.7 Å². The third-order valence-electron chi connectivity index (χ3n) is 6.54. The Balaban J connectivity index is 1.77. The van der Waals surface area contributed by atoms with Gasteiger partial charge < -0.3 is 15.0 Å². The van der Waals surface area contributed by atoms with Gasteiger partial charge in [0.25, 0.3) is 0 Å². The van der Waals surface area contributed by atoms with E-state index in [9.17, 15) is 9.59 Å². The molecule has 2 amide bonds. The van der Waals surface area contributed by atoms with Gasteiger partial charge in [-0.3, -0.25) is 9.59 Å². The number of carbonyl (C=O) groups is 2. The predicted octanol–water partition coefficient (Wildman–Crippen LogP) is 4.51. The molecule has 1 heterocycles. The first-order valence-electron chi connectivity index (χ1n) is 12.4. The van der Waals surface area contributed by atoms with E-state index in [1.807, 2.05) is 93.6 Å². The van der Waals surface area contributed by atoms with Gasteiger partial charge in [0.05, 0.1) is 12.6 Å². The van der Waals surface area contributed by atoms with Crippen LogP contribution < -0.4 is 10.1 Å². The fourth-order valence-electron chi connectivity index (χ4n) is 4.13. The zero-order chi connectivity index (χ0) is 26.4. The van der Waals surface area contributed by atoms with Crippen molar-refractivity contribution < 1.29 is 14.3 Å². The Kier molecular flexibility index (Phi) is 7.86. The van der Waals surface area contributed by atoms with Gasteiger partial charge in [-0.25, -0.2) is 4.68 Å². The van der Waals surface area contributed by atoms with Gasteiger partial charge in [-0.1, -0.05) is 66.7 Å². The van der Waals surface area contributed by atoms with Crippen molar-refractivity contribution in [1.29, 1.82) is 0 Å². The molecule has 1 atom stereocenters. The first-order valence-corrected chi connectivity index (χ1v) is 12.4. The average molecular weight is 500 g/mol. The van der Waals surface area contributed by atoms with E-state index in [1.165, 1.54) is 0 Å². The van der Waals surface area contributed by atoms with Crippen molar-refractivity contribution in [3.05, 3.63) is 90.0 Å². The summed E-state index contributed by atoms with van der Waals surface area (Å²) in [5, 5.41) is 11.5. The minimum atomic E-state index is -0.886. The van der Waals surface area contributed by atoms with Gasteiger partial charge in [0, 0.05) is 12.1 Å². The number of rotatable bonds is 10. The van der Waals surface area contributed by atoms with E-state index in [-0.39, 0.29) is 24.9 Å². The quantitative estimate of drug-likeness (QED) is 0.347. The van der Waals surface area contributed by atoms with Crippen molar-refractivity contribution in [3.63, 3.8) is 0 Å². The van der Waals surface area contributed by atoms with E-state index in [0.717, 1.165) is 17.5 Å². The van der Waals surface area contributed by atoms with Gasteiger partial charge in [0.15, 0.2) is 0 Å². The Morgan fingerprint density at radius 2 is 1.76 bits per heavy atom. The molecule has 4 aromatic rings. The first kappa shape index (κ1) is 25.9. The highest BCUT2D eigenvalue weighted by molar-refractivity contribution is 5.89. The molecular weight excluding hydrogens is 466 g/mol. The van der Waals surface area contributed by atoms with Gasteiger partial charge in [0.1, 0.15) is 23.9 Å². The van der Waals surface area contributed by atoms with Crippen LogP contribution in [-0.2, 0) is 22.7 Å². The largest absolute Gasteiger partial charge is 0.497 e. The highest BCUT2D eigenvalue weighted by Gasteiger charge is 2.34. The van der Waals surface area contributed by atoms with Crippen molar-refractivity contribution in [2.45, 2.75) is 51.9 Å². The highest BCUT2D eigenvalue weighted by atomic mass is 16.5. The molecule has 0 saturated heterocycles. The molecule has 3 aromatic carbocycles. The maximum Gasteiger partial charge on any atom is 0.247 e. The molecule has 1 aromatic heterocycles. The summed E-state index contributed by atoms with van der Waals surface area (Å²) in [5.41, 5.74) is 2.59. The number of para-hydroxylation sites is 1. The van der Waals surface area contributed by atoms with Crippen LogP contribution in [0.25, 0.3) is 11.0 Å². The van der Waals surface area contributed by atoms with E-state index in [0.29, 0.717) is 16.8 Å². The van der Waals surface area contributed by atoms with Crippen molar-refractivity contribution in [3.8, 4) is 5.75 Å². The molecule has 4 rings (SSSR count). The highest BCUT2D eigenvalue weighted by Crippen LogP contribution is 2.28. The number of fused-ring (bicyclic) bond motifs is 1. The van der Waals surface area contributed by atoms with Crippen molar-refractivity contribution in [1.82, 2.24) is 25.2 Å². The van der Waals surface area contributed by atoms with Gasteiger partial charge in [0.2, 0.25) is 11.8 Å². The summed E-state index contributed by atoms with van der Waals surface area (Å²) in [6, 6.07) is 23.6. The third kappa shape index (κ3) is 6.14. The van der Waals surface area contributed by atoms with E-state index in [1.54, 1.807) is 22.8 Å². The van der Waals surface area contributed by atoms with Crippen molar-refractivity contribution in [2.75, 3.05) is 7.11 Å². The number of hydrogen-bond donors (Lipinski definition) is 1. The molecule has 0 radical (unpaired) electrons. The SMILES string of the molecule is CCC(C)(C)NC(=O)[C@@H](c1cccc(OC)c1)N(Cc1ccccc1)C(=O)Cn1nnc2ccccc21. The summed E-state index contributed by atoms with van der Waals surface area (Å²) >= 11 is 0. The van der Waals surface area contributed by atoms with Crippen LogP contribution in [0.3, 0.4) is 0 Å². The molecule has 0 spiro atoms. The van der Waals surface area contributed by atoms with Crippen LogP contribution in [0.4, 0.5) is 0 Å². The lowest BCUT2D eigenvalue weighted by Gasteiger charge is -2.34. The van der Waals surface area contributed by atoms with E-state index in [2.05, 4.69) is 15.6 Å². The smallest absolute Gasteiger partial charge is 0.247 e. The Bertz CT molecular complexity index is 1370. The van der Waals surface area contributed by atoms with Crippen LogP contribution >= 0.6 is 0 Å². The Labute approximate surface area is 217 Å². The number of nitrogens with one attached hydrogen (secondary N) is 1. The van der Waals surface area contributed by atoms with Crippen LogP contribution in [0.15, 0.2) is 78.9 Å². The van der Waals surface area contributed by atoms with E-state index >= 15 is 0 Å². The number of nitrogens with zero attached hydrogens (tertiary/aromatic N) is 4.